The molecule has 3 rings (SSSR count). The van der Waals surface area contributed by atoms with E-state index < -0.39 is 12.1 Å². The van der Waals surface area contributed by atoms with Crippen molar-refractivity contribution in [1.29, 1.82) is 0 Å². The van der Waals surface area contributed by atoms with E-state index in [9.17, 15) is 14.4 Å². The second kappa shape index (κ2) is 9.48. The van der Waals surface area contributed by atoms with Gasteiger partial charge in [0.1, 0.15) is 0 Å². The summed E-state index contributed by atoms with van der Waals surface area (Å²) in [6.45, 7) is 1.87. The largest absolute Gasteiger partial charge is 0.452 e. The fraction of sp³-hybridized carbons (Fsp3) is 0.524. The number of hydrogen-bond acceptors (Lipinski definition) is 5. The summed E-state index contributed by atoms with van der Waals surface area (Å²) in [7, 11) is 0. The van der Waals surface area contributed by atoms with Gasteiger partial charge in [0, 0.05) is 11.4 Å². The third-order valence-electron chi connectivity index (χ3n) is 5.17. The third-order valence-corrected chi connectivity index (χ3v) is 5.17. The number of esters is 1. The van der Waals surface area contributed by atoms with E-state index in [1.807, 2.05) is 6.07 Å². The number of rotatable bonds is 6. The average Bonchev–Trinajstić information content (AvgIpc) is 2.96. The van der Waals surface area contributed by atoms with Crippen LogP contribution in [0.2, 0.25) is 0 Å². The van der Waals surface area contributed by atoms with Crippen molar-refractivity contribution in [2.24, 2.45) is 0 Å². The molecule has 1 aliphatic carbocycles. The summed E-state index contributed by atoms with van der Waals surface area (Å²) in [4.78, 5) is 36.3. The normalized spacial score (nSPS) is 16.3. The number of nitrogens with zero attached hydrogens (tertiary/aromatic N) is 2. The summed E-state index contributed by atoms with van der Waals surface area (Å²) in [6.07, 6.45) is 7.13. The number of aromatic nitrogens is 2. The molecule has 1 fully saturated rings. The van der Waals surface area contributed by atoms with Crippen molar-refractivity contribution >= 4 is 22.8 Å². The predicted molar refractivity (Wildman–Crippen MR) is 106 cm³/mol. The van der Waals surface area contributed by atoms with Crippen LogP contribution in [0.4, 0.5) is 0 Å². The monoisotopic (exact) mass is 385 g/mol. The first-order valence-corrected chi connectivity index (χ1v) is 9.99. The number of hydrogen-bond donors (Lipinski definition) is 1. The minimum atomic E-state index is -0.825. The van der Waals surface area contributed by atoms with E-state index in [1.165, 1.54) is 19.0 Å². The number of carbonyl (C=O) groups is 2. The SMILES string of the molecule is C[C@H](OC(=O)CCn1ncc(=O)c2ccccc21)C(=O)NC1CCCCCC1. The molecule has 2 aromatic rings. The van der Waals surface area contributed by atoms with Crippen LogP contribution in [0.15, 0.2) is 35.3 Å². The maximum atomic E-state index is 12.3. The Bertz CT molecular complexity index is 885. The lowest BCUT2D eigenvalue weighted by Crippen LogP contribution is -2.41. The van der Waals surface area contributed by atoms with Gasteiger partial charge in [-0.2, -0.15) is 5.10 Å². The molecule has 7 nitrogen and oxygen atoms in total. The van der Waals surface area contributed by atoms with Crippen molar-refractivity contribution in [2.45, 2.75) is 70.6 Å². The van der Waals surface area contributed by atoms with Crippen LogP contribution < -0.4 is 10.7 Å². The highest BCUT2D eigenvalue weighted by molar-refractivity contribution is 5.83. The van der Waals surface area contributed by atoms with Crippen molar-refractivity contribution in [3.63, 3.8) is 0 Å². The summed E-state index contributed by atoms with van der Waals surface area (Å²) < 4.78 is 6.89. The third kappa shape index (κ3) is 5.18. The van der Waals surface area contributed by atoms with Crippen LogP contribution in [0, 0.1) is 0 Å². The van der Waals surface area contributed by atoms with Gasteiger partial charge in [-0.25, -0.2) is 0 Å². The van der Waals surface area contributed by atoms with Crippen LogP contribution >= 0.6 is 0 Å². The molecule has 7 heteroatoms. The Balaban J connectivity index is 1.52. The van der Waals surface area contributed by atoms with E-state index in [0.717, 1.165) is 25.7 Å². The number of carbonyl (C=O) groups excluding carboxylic acids is 2. The Labute approximate surface area is 164 Å². The molecule has 1 aromatic carbocycles. The summed E-state index contributed by atoms with van der Waals surface area (Å²) in [5, 5.41) is 7.65. The number of nitrogens with one attached hydrogen (secondary N) is 1. The lowest BCUT2D eigenvalue weighted by atomic mass is 10.1. The molecule has 1 aliphatic rings. The maximum absolute atomic E-state index is 12.3. The standard InChI is InChI=1S/C21H27N3O4/c1-15(21(27)23-16-8-4-2-3-5-9-16)28-20(26)12-13-24-18-11-7-6-10-17(18)19(25)14-22-24/h6-7,10-11,14-16H,2-5,8-9,12-13H2,1H3,(H,23,27)/t15-/m0/s1. The van der Waals surface area contributed by atoms with Crippen LogP contribution in [0.3, 0.4) is 0 Å². The van der Waals surface area contributed by atoms with E-state index >= 15 is 0 Å². The molecule has 1 N–H and O–H groups in total. The molecule has 0 spiro atoms. The molecule has 150 valence electrons. The first-order chi connectivity index (χ1) is 13.5. The Kier molecular flexibility index (Phi) is 6.79. The highest BCUT2D eigenvalue weighted by Crippen LogP contribution is 2.17. The van der Waals surface area contributed by atoms with Gasteiger partial charge < -0.3 is 10.1 Å². The van der Waals surface area contributed by atoms with E-state index in [0.29, 0.717) is 10.9 Å². The molecular formula is C21H27N3O4. The van der Waals surface area contributed by atoms with Crippen LogP contribution in [0.1, 0.15) is 51.9 Å². The number of para-hydroxylation sites is 1. The first-order valence-electron chi connectivity index (χ1n) is 9.99. The zero-order chi connectivity index (χ0) is 19.9. The van der Waals surface area contributed by atoms with E-state index in [4.69, 9.17) is 4.74 Å². The van der Waals surface area contributed by atoms with Gasteiger partial charge in [0.2, 0.25) is 5.43 Å². The predicted octanol–water partition coefficient (Wildman–Crippen LogP) is 2.56. The summed E-state index contributed by atoms with van der Waals surface area (Å²) in [6, 6.07) is 7.30. The Hall–Kier alpha value is -2.70. The molecule has 1 amide bonds. The van der Waals surface area contributed by atoms with Gasteiger partial charge in [0.05, 0.1) is 24.7 Å². The van der Waals surface area contributed by atoms with Gasteiger partial charge in [-0.15, -0.1) is 0 Å². The van der Waals surface area contributed by atoms with Gasteiger partial charge in [0.15, 0.2) is 6.10 Å². The molecule has 1 saturated carbocycles. The minimum absolute atomic E-state index is 0.0704. The number of ether oxygens (including phenoxy) is 1. The van der Waals surface area contributed by atoms with Crippen molar-refractivity contribution < 1.29 is 14.3 Å². The number of aryl methyl sites for hydroxylation is 1. The molecule has 0 bridgehead atoms. The average molecular weight is 385 g/mol. The first kappa shape index (κ1) is 20.0. The molecule has 0 saturated heterocycles. The Morgan fingerprint density at radius 1 is 1.21 bits per heavy atom. The summed E-state index contributed by atoms with van der Waals surface area (Å²) >= 11 is 0. The zero-order valence-corrected chi connectivity index (χ0v) is 16.2. The van der Waals surface area contributed by atoms with Gasteiger partial charge in [-0.05, 0) is 31.9 Å². The van der Waals surface area contributed by atoms with Gasteiger partial charge in [-0.1, -0.05) is 37.8 Å². The summed E-state index contributed by atoms with van der Waals surface area (Å²) in [5.41, 5.74) is 0.514. The highest BCUT2D eigenvalue weighted by Gasteiger charge is 2.21. The topological polar surface area (TPSA) is 90.3 Å². The molecular weight excluding hydrogens is 358 g/mol. The molecule has 0 aliphatic heterocycles. The van der Waals surface area contributed by atoms with Crippen LogP contribution in [-0.4, -0.2) is 33.8 Å². The van der Waals surface area contributed by atoms with Crippen LogP contribution in [-0.2, 0) is 20.9 Å². The molecule has 28 heavy (non-hydrogen) atoms. The van der Waals surface area contributed by atoms with E-state index in [1.54, 1.807) is 29.8 Å². The molecule has 0 radical (unpaired) electrons. The van der Waals surface area contributed by atoms with Crippen molar-refractivity contribution in [3.8, 4) is 0 Å². The van der Waals surface area contributed by atoms with Gasteiger partial charge >= 0.3 is 5.97 Å². The number of benzene rings is 1. The van der Waals surface area contributed by atoms with Crippen molar-refractivity contribution in [3.05, 3.63) is 40.7 Å². The quantitative estimate of drug-likeness (QED) is 0.610. The van der Waals surface area contributed by atoms with Crippen LogP contribution in [0.25, 0.3) is 10.9 Å². The second-order valence-electron chi connectivity index (χ2n) is 7.33. The number of fused-ring (bicyclic) bond motifs is 1. The Morgan fingerprint density at radius 2 is 1.93 bits per heavy atom. The number of amides is 1. The minimum Gasteiger partial charge on any atom is -0.452 e. The Morgan fingerprint density at radius 3 is 2.68 bits per heavy atom. The lowest BCUT2D eigenvalue weighted by Gasteiger charge is -2.19. The maximum Gasteiger partial charge on any atom is 0.308 e. The smallest absolute Gasteiger partial charge is 0.308 e. The van der Waals surface area contributed by atoms with Crippen molar-refractivity contribution in [1.82, 2.24) is 15.1 Å². The fourth-order valence-corrected chi connectivity index (χ4v) is 3.59. The molecule has 1 aromatic heterocycles. The lowest BCUT2D eigenvalue weighted by molar-refractivity contribution is -0.155. The second-order valence-corrected chi connectivity index (χ2v) is 7.33. The molecule has 1 atom stereocenters. The van der Waals surface area contributed by atoms with Gasteiger partial charge in [0.25, 0.3) is 5.91 Å². The van der Waals surface area contributed by atoms with Crippen LogP contribution in [0.5, 0.6) is 0 Å². The summed E-state index contributed by atoms with van der Waals surface area (Å²) in [5.74, 6) is -0.708. The fourth-order valence-electron chi connectivity index (χ4n) is 3.59. The van der Waals surface area contributed by atoms with E-state index in [2.05, 4.69) is 10.4 Å². The van der Waals surface area contributed by atoms with Gasteiger partial charge in [-0.3, -0.25) is 19.1 Å². The van der Waals surface area contributed by atoms with E-state index in [-0.39, 0.29) is 30.3 Å². The molecule has 0 unspecified atom stereocenters. The highest BCUT2D eigenvalue weighted by atomic mass is 16.5. The van der Waals surface area contributed by atoms with Crippen molar-refractivity contribution in [2.75, 3.05) is 0 Å². The molecule has 1 heterocycles. The zero-order valence-electron chi connectivity index (χ0n) is 16.2.